The molecule has 0 aromatic heterocycles. The summed E-state index contributed by atoms with van der Waals surface area (Å²) in [4.78, 5) is 27.9. The van der Waals surface area contributed by atoms with Gasteiger partial charge in [0.2, 0.25) is 20.2 Å². The number of benzene rings is 2. The average molecular weight is 582 g/mol. The largest absolute Gasteiger partial charge is 0.394 e. The van der Waals surface area contributed by atoms with Crippen molar-refractivity contribution in [3.05, 3.63) is 65.2 Å². The number of carbonyl (C=O) groups excluding carboxylic acids is 2. The highest BCUT2D eigenvalue weighted by atomic mass is 28.4. The number of hydrogen-bond donors (Lipinski definition) is 3. The third-order valence-corrected chi connectivity index (χ3v) is 11.7. The predicted molar refractivity (Wildman–Crippen MR) is 161 cm³/mol. The van der Waals surface area contributed by atoms with E-state index in [1.165, 1.54) is 0 Å². The second-order valence-corrected chi connectivity index (χ2v) is 16.4. The van der Waals surface area contributed by atoms with Crippen LogP contribution in [0.25, 0.3) is 0 Å². The van der Waals surface area contributed by atoms with Crippen molar-refractivity contribution in [2.24, 2.45) is 5.92 Å². The summed E-state index contributed by atoms with van der Waals surface area (Å²) in [6.07, 6.45) is 3.42. The molecule has 5 rings (SSSR count). The molecule has 0 saturated carbocycles. The third-order valence-electron chi connectivity index (χ3n) is 9.25. The Bertz CT molecular complexity index is 1230. The maximum Gasteiger partial charge on any atom is 0.246 e. The van der Waals surface area contributed by atoms with Gasteiger partial charge in [0, 0.05) is 17.8 Å². The smallest absolute Gasteiger partial charge is 0.246 e. The first-order valence-corrected chi connectivity index (χ1v) is 18.0. The summed E-state index contributed by atoms with van der Waals surface area (Å²) < 4.78 is 22.2. The van der Waals surface area contributed by atoms with Gasteiger partial charge in [0.1, 0.15) is 0 Å². The first-order chi connectivity index (χ1) is 19.6. The van der Waals surface area contributed by atoms with E-state index in [0.717, 1.165) is 48.2 Å². The summed E-state index contributed by atoms with van der Waals surface area (Å²) in [6, 6.07) is 15.5. The highest BCUT2D eigenvalue weighted by molar-refractivity contribution is 6.72. The van der Waals surface area contributed by atoms with Gasteiger partial charge in [-0.1, -0.05) is 43.3 Å². The van der Waals surface area contributed by atoms with Crippen LogP contribution in [-0.2, 0) is 33.7 Å². The lowest BCUT2D eigenvalue weighted by Gasteiger charge is -2.37. The fraction of sp³-hybridized carbons (Fsp3) is 0.562. The van der Waals surface area contributed by atoms with Crippen LogP contribution in [0.5, 0.6) is 0 Å². The number of hydrogen-bond acceptors (Lipinski definition) is 5. The van der Waals surface area contributed by atoms with Crippen LogP contribution in [0.1, 0.15) is 49.3 Å². The molecule has 2 saturated heterocycles. The number of nitrogens with one attached hydrogen (secondary N) is 2. The second kappa shape index (κ2) is 12.7. The van der Waals surface area contributed by atoms with Crippen molar-refractivity contribution in [3.63, 3.8) is 0 Å². The van der Waals surface area contributed by atoms with Crippen LogP contribution in [0.2, 0.25) is 18.6 Å². The lowest BCUT2D eigenvalue weighted by Crippen LogP contribution is -2.48. The van der Waals surface area contributed by atoms with E-state index >= 15 is 4.11 Å². The minimum absolute atomic E-state index is 0.00137. The van der Waals surface area contributed by atoms with E-state index in [1.807, 2.05) is 42.5 Å². The van der Waals surface area contributed by atoms with Crippen molar-refractivity contribution in [2.45, 2.75) is 94.9 Å². The van der Waals surface area contributed by atoms with Crippen LogP contribution in [0.3, 0.4) is 0 Å². The number of ether oxygens (including phenoxy) is 1. The molecule has 3 N–H and O–H groups in total. The van der Waals surface area contributed by atoms with E-state index in [1.54, 1.807) is 18.0 Å². The van der Waals surface area contributed by atoms with Gasteiger partial charge >= 0.3 is 0 Å². The Labute approximate surface area is 244 Å². The van der Waals surface area contributed by atoms with Crippen LogP contribution >= 0.6 is 0 Å². The zero-order valence-electron chi connectivity index (χ0n) is 24.4. The Balaban J connectivity index is 1.23. The number of anilines is 1. The van der Waals surface area contributed by atoms with Gasteiger partial charge in [0.05, 0.1) is 37.3 Å². The first kappa shape index (κ1) is 29.9. The van der Waals surface area contributed by atoms with E-state index in [-0.39, 0.29) is 54.5 Å². The standard InChI is InChI=1S/C32H44FN3O4Si/c1-21-28(14-13-22-8-6-11-25(16-22)35-32(39)27-12-7-15-34-27)40-29(31(21)41(2,3)33)18-30(38)36-19-24-10-5-4-9-23(24)17-26(36)20-37/h4-6,8-11,16,21,26-29,31,34,37H,7,12-15,17-20H2,1-3H3,(H,35,39)/t21-,26+,27-,28+,29-,31+/m1/s1. The fourth-order valence-electron chi connectivity index (χ4n) is 7.16. The molecule has 222 valence electrons. The lowest BCUT2D eigenvalue weighted by molar-refractivity contribution is -0.138. The molecule has 0 bridgehead atoms. The molecular weight excluding hydrogens is 537 g/mol. The van der Waals surface area contributed by atoms with E-state index in [0.29, 0.717) is 19.4 Å². The van der Waals surface area contributed by atoms with Gasteiger partial charge in [-0.3, -0.25) is 9.59 Å². The fourth-order valence-corrected chi connectivity index (χ4v) is 9.70. The second-order valence-electron chi connectivity index (χ2n) is 12.6. The van der Waals surface area contributed by atoms with Gasteiger partial charge in [0.15, 0.2) is 0 Å². The van der Waals surface area contributed by atoms with Crippen LogP contribution < -0.4 is 10.6 Å². The monoisotopic (exact) mass is 581 g/mol. The van der Waals surface area contributed by atoms with Crippen LogP contribution in [-0.4, -0.2) is 67.7 Å². The van der Waals surface area contributed by atoms with Gasteiger partial charge < -0.3 is 29.5 Å². The summed E-state index contributed by atoms with van der Waals surface area (Å²) in [5.74, 6) is -0.0927. The van der Waals surface area contributed by atoms with Crippen molar-refractivity contribution in [3.8, 4) is 0 Å². The molecule has 2 aromatic carbocycles. The number of amides is 2. The van der Waals surface area contributed by atoms with Gasteiger partial charge in [-0.05, 0) is 86.5 Å². The van der Waals surface area contributed by atoms with Crippen molar-refractivity contribution in [2.75, 3.05) is 18.5 Å². The van der Waals surface area contributed by atoms with Gasteiger partial charge in [-0.2, -0.15) is 0 Å². The summed E-state index contributed by atoms with van der Waals surface area (Å²) >= 11 is 0. The zero-order valence-corrected chi connectivity index (χ0v) is 25.4. The van der Waals surface area contributed by atoms with Crippen molar-refractivity contribution < 1.29 is 23.5 Å². The van der Waals surface area contributed by atoms with Crippen molar-refractivity contribution >= 4 is 25.9 Å². The minimum Gasteiger partial charge on any atom is -0.394 e. The number of carbonyl (C=O) groups is 2. The van der Waals surface area contributed by atoms with Crippen LogP contribution in [0.15, 0.2) is 48.5 Å². The Morgan fingerprint density at radius 3 is 2.63 bits per heavy atom. The summed E-state index contributed by atoms with van der Waals surface area (Å²) in [6.45, 7) is 6.72. The Morgan fingerprint density at radius 1 is 1.15 bits per heavy atom. The van der Waals surface area contributed by atoms with E-state index < -0.39 is 14.5 Å². The molecule has 0 unspecified atom stereocenters. The Kier molecular flexibility index (Phi) is 9.28. The number of aryl methyl sites for hydroxylation is 1. The summed E-state index contributed by atoms with van der Waals surface area (Å²) in [7, 11) is -3.14. The van der Waals surface area contributed by atoms with Crippen LogP contribution in [0, 0.1) is 5.92 Å². The Morgan fingerprint density at radius 2 is 1.93 bits per heavy atom. The molecule has 0 aliphatic carbocycles. The van der Waals surface area contributed by atoms with E-state index in [9.17, 15) is 14.7 Å². The lowest BCUT2D eigenvalue weighted by atomic mass is 9.93. The number of aliphatic hydroxyl groups is 1. The quantitative estimate of drug-likeness (QED) is 0.298. The zero-order chi connectivity index (χ0) is 29.1. The van der Waals surface area contributed by atoms with Crippen LogP contribution in [0.4, 0.5) is 9.80 Å². The Hall–Kier alpha value is -2.59. The molecule has 3 aliphatic heterocycles. The van der Waals surface area contributed by atoms with Gasteiger partial charge in [0.25, 0.3) is 0 Å². The van der Waals surface area contributed by atoms with Gasteiger partial charge in [-0.15, -0.1) is 0 Å². The highest BCUT2D eigenvalue weighted by Crippen LogP contribution is 2.47. The number of fused-ring (bicyclic) bond motifs is 1. The van der Waals surface area contributed by atoms with E-state index in [2.05, 4.69) is 23.6 Å². The predicted octanol–water partition coefficient (Wildman–Crippen LogP) is 4.59. The summed E-state index contributed by atoms with van der Waals surface area (Å²) in [5.41, 5.74) is 3.84. The first-order valence-electron chi connectivity index (χ1n) is 15.1. The van der Waals surface area contributed by atoms with E-state index in [4.69, 9.17) is 4.74 Å². The number of aliphatic hydroxyl groups excluding tert-OH is 1. The number of halogens is 1. The molecule has 2 fully saturated rings. The van der Waals surface area contributed by atoms with Crippen molar-refractivity contribution in [1.82, 2.24) is 10.2 Å². The molecular formula is C32H44FN3O4Si. The molecule has 3 heterocycles. The molecule has 9 heteroatoms. The SMILES string of the molecule is C[C@H]1[C@H]([Si](C)(C)F)[C@@H](CC(=O)N2Cc3ccccc3C[C@H]2CO)O[C@H]1CCc1cccc(NC(=O)[C@H]2CCCN2)c1. The molecule has 3 aliphatic rings. The van der Waals surface area contributed by atoms with Crippen molar-refractivity contribution in [1.29, 1.82) is 0 Å². The van der Waals surface area contributed by atoms with Gasteiger partial charge in [-0.25, -0.2) is 0 Å². The number of rotatable bonds is 9. The molecule has 0 radical (unpaired) electrons. The normalized spacial score (nSPS) is 28.0. The average Bonchev–Trinajstić information content (AvgIpc) is 3.59. The molecule has 7 nitrogen and oxygen atoms in total. The molecule has 2 amide bonds. The highest BCUT2D eigenvalue weighted by Gasteiger charge is 2.52. The molecule has 41 heavy (non-hydrogen) atoms. The molecule has 6 atom stereocenters. The maximum atomic E-state index is 15.7. The molecule has 0 spiro atoms. The topological polar surface area (TPSA) is 90.9 Å². The minimum atomic E-state index is -3.14. The number of nitrogens with zero attached hydrogens (tertiary/aromatic N) is 1. The maximum absolute atomic E-state index is 15.7. The summed E-state index contributed by atoms with van der Waals surface area (Å²) in [5, 5.41) is 16.3. The third kappa shape index (κ3) is 6.91. The molecule has 2 aromatic rings.